The second-order valence-corrected chi connectivity index (χ2v) is 6.59. The monoisotopic (exact) mass is 361 g/mol. The highest BCUT2D eigenvalue weighted by Crippen LogP contribution is 2.36. The summed E-state index contributed by atoms with van der Waals surface area (Å²) in [5.74, 6) is 0.601. The van der Waals surface area contributed by atoms with Gasteiger partial charge in [-0.15, -0.1) is 0 Å². The lowest BCUT2D eigenvalue weighted by Crippen LogP contribution is -2.11. The number of nitrogens with zero attached hydrogens (tertiary/aromatic N) is 2. The van der Waals surface area contributed by atoms with Gasteiger partial charge in [0.2, 0.25) is 0 Å². The van der Waals surface area contributed by atoms with Crippen molar-refractivity contribution in [2.24, 2.45) is 4.99 Å². The molecular formula is C18H18F2N3OP. The van der Waals surface area contributed by atoms with Gasteiger partial charge in [0.1, 0.15) is 5.84 Å². The fourth-order valence-electron chi connectivity index (χ4n) is 2.59. The predicted octanol–water partition coefficient (Wildman–Crippen LogP) is 3.93. The van der Waals surface area contributed by atoms with Crippen LogP contribution in [0.1, 0.15) is 23.2 Å². The zero-order valence-electron chi connectivity index (χ0n) is 13.6. The van der Waals surface area contributed by atoms with Gasteiger partial charge in [-0.2, -0.15) is 8.78 Å². The second-order valence-electron chi connectivity index (χ2n) is 5.86. The molecule has 1 aliphatic heterocycles. The minimum Gasteiger partial charge on any atom is -0.392 e. The molecule has 130 valence electrons. The van der Waals surface area contributed by atoms with E-state index in [-0.39, 0.29) is 12.2 Å². The minimum atomic E-state index is -2.98. The number of nitrogens with one attached hydrogen (secondary N) is 1. The van der Waals surface area contributed by atoms with Crippen LogP contribution in [-0.2, 0) is 5.66 Å². The molecule has 1 unspecified atom stereocenters. The Kier molecular flexibility index (Phi) is 4.93. The van der Waals surface area contributed by atoms with Gasteiger partial charge < -0.3 is 10.4 Å². The summed E-state index contributed by atoms with van der Waals surface area (Å²) in [7, 11) is 1.53. The molecule has 0 aliphatic carbocycles. The fourth-order valence-corrected chi connectivity index (χ4v) is 2.77. The van der Waals surface area contributed by atoms with Gasteiger partial charge in [0.05, 0.1) is 12.3 Å². The van der Waals surface area contributed by atoms with Crippen molar-refractivity contribution < 1.29 is 13.9 Å². The number of benzene rings is 1. The lowest BCUT2D eigenvalue weighted by atomic mass is 10.1. The molecular weight excluding hydrogens is 343 g/mol. The number of aliphatic hydroxyl groups is 1. The number of aromatic nitrogens is 1. The van der Waals surface area contributed by atoms with E-state index in [4.69, 9.17) is 0 Å². The summed E-state index contributed by atoms with van der Waals surface area (Å²) in [5.41, 5.74) is 0.591. The zero-order valence-corrected chi connectivity index (χ0v) is 14.8. The molecule has 1 atom stereocenters. The van der Waals surface area contributed by atoms with E-state index in [0.29, 0.717) is 23.6 Å². The second kappa shape index (κ2) is 6.98. The molecule has 1 aromatic heterocycles. The average molecular weight is 361 g/mol. The number of alkyl halides is 2. The Balaban J connectivity index is 1.84. The van der Waals surface area contributed by atoms with Crippen molar-refractivity contribution in [1.29, 1.82) is 0 Å². The van der Waals surface area contributed by atoms with Gasteiger partial charge in [-0.1, -0.05) is 21.4 Å². The quantitative estimate of drug-likeness (QED) is 0.812. The van der Waals surface area contributed by atoms with Crippen molar-refractivity contribution in [3.05, 3.63) is 65.0 Å². The maximum absolute atomic E-state index is 13.4. The molecule has 2 heterocycles. The molecule has 0 saturated carbocycles. The van der Waals surface area contributed by atoms with E-state index in [1.165, 1.54) is 21.4 Å². The molecule has 0 spiro atoms. The average Bonchev–Trinajstić information content (AvgIpc) is 2.98. The molecule has 1 aliphatic rings. The van der Waals surface area contributed by atoms with Crippen LogP contribution < -0.4 is 5.32 Å². The number of anilines is 1. The summed E-state index contributed by atoms with van der Waals surface area (Å²) in [6.07, 6.45) is 2.14. The third-order valence-electron chi connectivity index (χ3n) is 3.87. The number of aliphatic hydroxyl groups excluding tert-OH is 1. The predicted molar refractivity (Wildman–Crippen MR) is 98.7 cm³/mol. The first-order valence-corrected chi connectivity index (χ1v) is 8.32. The largest absolute Gasteiger partial charge is 0.392 e. The molecule has 0 radical (unpaired) electrons. The van der Waals surface area contributed by atoms with Crippen LogP contribution in [0.25, 0.3) is 5.70 Å². The van der Waals surface area contributed by atoms with Crippen LogP contribution in [0.3, 0.4) is 0 Å². The third-order valence-corrected chi connectivity index (χ3v) is 4.21. The normalized spacial score (nSPS) is 14.7. The van der Waals surface area contributed by atoms with E-state index in [1.54, 1.807) is 18.3 Å². The van der Waals surface area contributed by atoms with Gasteiger partial charge in [0.15, 0.2) is 0 Å². The summed E-state index contributed by atoms with van der Waals surface area (Å²) in [4.78, 5) is 8.77. The van der Waals surface area contributed by atoms with Crippen LogP contribution in [0.2, 0.25) is 0 Å². The van der Waals surface area contributed by atoms with E-state index >= 15 is 0 Å². The topological polar surface area (TPSA) is 57.5 Å². The first kappa shape index (κ1) is 17.6. The zero-order chi connectivity index (χ0) is 18.0. The van der Waals surface area contributed by atoms with Crippen LogP contribution in [0, 0.1) is 6.92 Å². The highest BCUT2D eigenvalue weighted by atomic mass is 31.0. The number of amidine groups is 1. The molecule has 7 heteroatoms. The first-order valence-electron chi connectivity index (χ1n) is 7.74. The van der Waals surface area contributed by atoms with Crippen molar-refractivity contribution in [3.63, 3.8) is 0 Å². The fraction of sp³-hybridized carbons (Fsp3) is 0.222. The molecule has 0 fully saturated rings. The van der Waals surface area contributed by atoms with E-state index in [0.717, 1.165) is 16.8 Å². The Bertz CT molecular complexity index is 842. The lowest BCUT2D eigenvalue weighted by Gasteiger charge is -2.13. The SMILES string of the molecule is Cc1ccc(C2=C(CO)CC(Nc3cccc(C(F)(F)P)c3)=N2)cn1. The van der Waals surface area contributed by atoms with E-state index in [1.807, 2.05) is 19.1 Å². The van der Waals surface area contributed by atoms with E-state index in [9.17, 15) is 13.9 Å². The molecule has 2 aromatic rings. The van der Waals surface area contributed by atoms with Gasteiger partial charge in [0.25, 0.3) is 5.66 Å². The maximum atomic E-state index is 13.4. The summed E-state index contributed by atoms with van der Waals surface area (Å²) in [6, 6.07) is 9.80. The Labute approximate surface area is 146 Å². The van der Waals surface area contributed by atoms with Crippen molar-refractivity contribution in [1.82, 2.24) is 4.98 Å². The summed E-state index contributed by atoms with van der Waals surface area (Å²) >= 11 is 0. The number of aryl methyl sites for hydroxylation is 1. The number of hydrogen-bond donors (Lipinski definition) is 2. The Morgan fingerprint density at radius 3 is 2.72 bits per heavy atom. The number of halogens is 2. The van der Waals surface area contributed by atoms with Gasteiger partial charge in [-0.3, -0.25) is 4.98 Å². The Morgan fingerprint density at radius 1 is 1.28 bits per heavy atom. The first-order chi connectivity index (χ1) is 11.9. The lowest BCUT2D eigenvalue weighted by molar-refractivity contribution is 0.104. The van der Waals surface area contributed by atoms with Crippen molar-refractivity contribution in [3.8, 4) is 0 Å². The minimum absolute atomic E-state index is 0.0978. The van der Waals surface area contributed by atoms with Crippen LogP contribution in [0.15, 0.2) is 53.2 Å². The molecule has 2 N–H and O–H groups in total. The number of hydrogen-bond acceptors (Lipinski definition) is 4. The molecule has 4 nitrogen and oxygen atoms in total. The van der Waals surface area contributed by atoms with Crippen LogP contribution in [0.5, 0.6) is 0 Å². The highest BCUT2D eigenvalue weighted by Gasteiger charge is 2.25. The van der Waals surface area contributed by atoms with Crippen molar-refractivity contribution >= 4 is 26.5 Å². The molecule has 3 rings (SSSR count). The third kappa shape index (κ3) is 4.09. The number of pyridine rings is 1. The molecule has 0 saturated heterocycles. The van der Waals surface area contributed by atoms with Gasteiger partial charge in [0, 0.05) is 35.1 Å². The van der Waals surface area contributed by atoms with Crippen molar-refractivity contribution in [2.45, 2.75) is 19.0 Å². The van der Waals surface area contributed by atoms with Crippen LogP contribution in [-0.4, -0.2) is 22.5 Å². The molecule has 1 aromatic carbocycles. The van der Waals surface area contributed by atoms with E-state index in [2.05, 4.69) is 15.3 Å². The van der Waals surface area contributed by atoms with Crippen LogP contribution >= 0.6 is 9.24 Å². The summed E-state index contributed by atoms with van der Waals surface area (Å²) < 4.78 is 26.9. The van der Waals surface area contributed by atoms with E-state index < -0.39 is 5.66 Å². The maximum Gasteiger partial charge on any atom is 0.283 e. The number of aliphatic imine (C=N–C) groups is 1. The standard InChI is InChI=1S/C18H18F2N3OP/c1-11-5-6-12(9-21-11)17-13(10-24)7-16(23-17)22-15-4-2-3-14(8-15)18(19,20)25/h2-6,8-9,24H,7,10,25H2,1H3,(H,22,23). The molecule has 0 bridgehead atoms. The van der Waals surface area contributed by atoms with Gasteiger partial charge in [-0.05, 0) is 36.8 Å². The summed E-state index contributed by atoms with van der Waals surface area (Å²) in [6.45, 7) is 1.77. The van der Waals surface area contributed by atoms with Crippen molar-refractivity contribution in [2.75, 3.05) is 11.9 Å². The highest BCUT2D eigenvalue weighted by molar-refractivity contribution is 7.17. The Morgan fingerprint density at radius 2 is 2.08 bits per heavy atom. The Hall–Kier alpha value is -2.17. The summed E-state index contributed by atoms with van der Waals surface area (Å²) in [5, 5.41) is 12.7. The number of rotatable bonds is 4. The molecule has 25 heavy (non-hydrogen) atoms. The smallest absolute Gasteiger partial charge is 0.283 e. The van der Waals surface area contributed by atoms with Gasteiger partial charge >= 0.3 is 0 Å². The van der Waals surface area contributed by atoms with Gasteiger partial charge in [-0.25, -0.2) is 4.99 Å². The van der Waals surface area contributed by atoms with Crippen LogP contribution in [0.4, 0.5) is 14.5 Å². The molecule has 0 amide bonds.